The van der Waals surface area contributed by atoms with E-state index in [0.29, 0.717) is 11.5 Å². The van der Waals surface area contributed by atoms with Gasteiger partial charge >= 0.3 is 6.03 Å². The zero-order valence-electron chi connectivity index (χ0n) is 12.2. The molecule has 2 N–H and O–H groups in total. The first-order chi connectivity index (χ1) is 11.0. The summed E-state index contributed by atoms with van der Waals surface area (Å²) in [6.45, 7) is 2.01. The van der Waals surface area contributed by atoms with Gasteiger partial charge in [0.2, 0.25) is 6.79 Å². The van der Waals surface area contributed by atoms with Crippen molar-refractivity contribution in [2.45, 2.75) is 13.0 Å². The smallest absolute Gasteiger partial charge is 0.319 e. The Morgan fingerprint density at radius 1 is 1.22 bits per heavy atom. The van der Waals surface area contributed by atoms with Crippen LogP contribution in [-0.2, 0) is 0 Å². The van der Waals surface area contributed by atoms with Gasteiger partial charge in [0.15, 0.2) is 11.5 Å². The first kappa shape index (κ1) is 15.4. The first-order valence-electron chi connectivity index (χ1n) is 6.95. The van der Waals surface area contributed by atoms with E-state index in [0.717, 1.165) is 11.6 Å². The molecule has 1 atom stereocenters. The number of fused-ring (bicyclic) bond motifs is 1. The molecule has 2 aromatic rings. The number of nitrogens with one attached hydrogen (secondary N) is 2. The van der Waals surface area contributed by atoms with Crippen LogP contribution in [0.25, 0.3) is 0 Å². The number of halogens is 2. The Kier molecular flexibility index (Phi) is 4.25. The van der Waals surface area contributed by atoms with Gasteiger partial charge in [0, 0.05) is 5.02 Å². The first-order valence-corrected chi connectivity index (χ1v) is 7.33. The van der Waals surface area contributed by atoms with Gasteiger partial charge in [-0.05, 0) is 42.8 Å². The fourth-order valence-corrected chi connectivity index (χ4v) is 2.37. The van der Waals surface area contributed by atoms with Crippen molar-refractivity contribution in [3.05, 3.63) is 52.8 Å². The lowest BCUT2D eigenvalue weighted by atomic mass is 10.1. The predicted octanol–water partition coefficient (Wildman–Crippen LogP) is 4.09. The molecule has 0 saturated carbocycles. The number of urea groups is 1. The highest BCUT2D eigenvalue weighted by molar-refractivity contribution is 6.30. The number of hydrogen-bond acceptors (Lipinski definition) is 3. The van der Waals surface area contributed by atoms with Crippen LogP contribution in [0.1, 0.15) is 18.5 Å². The minimum absolute atomic E-state index is 0.0600. The number of carbonyl (C=O) groups excluding carboxylic acids is 1. The topological polar surface area (TPSA) is 59.6 Å². The molecule has 3 rings (SSSR count). The molecule has 0 aliphatic carbocycles. The normalized spacial score (nSPS) is 13.5. The average molecular weight is 337 g/mol. The zero-order chi connectivity index (χ0) is 16.4. The minimum atomic E-state index is -0.594. The van der Waals surface area contributed by atoms with Crippen molar-refractivity contribution in [2.75, 3.05) is 12.1 Å². The molecule has 0 radical (unpaired) electrons. The van der Waals surface area contributed by atoms with E-state index in [1.54, 1.807) is 12.1 Å². The van der Waals surface area contributed by atoms with Gasteiger partial charge in [-0.3, -0.25) is 0 Å². The third-order valence-electron chi connectivity index (χ3n) is 3.42. The van der Waals surface area contributed by atoms with E-state index in [1.165, 1.54) is 12.1 Å². The maximum atomic E-state index is 13.7. The fraction of sp³-hybridized carbons (Fsp3) is 0.188. The lowest BCUT2D eigenvalue weighted by Crippen LogP contribution is -2.31. The van der Waals surface area contributed by atoms with Crippen LogP contribution >= 0.6 is 11.6 Å². The molecule has 0 saturated heterocycles. The van der Waals surface area contributed by atoms with Crippen LogP contribution in [0.15, 0.2) is 36.4 Å². The number of ether oxygens (including phenoxy) is 2. The second-order valence-electron chi connectivity index (χ2n) is 5.06. The lowest BCUT2D eigenvalue weighted by molar-refractivity contribution is 0.174. The molecule has 1 aliphatic heterocycles. The van der Waals surface area contributed by atoms with Crippen LogP contribution in [0, 0.1) is 5.82 Å². The van der Waals surface area contributed by atoms with Crippen LogP contribution in [0.4, 0.5) is 14.9 Å². The maximum absolute atomic E-state index is 13.7. The third kappa shape index (κ3) is 3.48. The molecule has 0 spiro atoms. The molecule has 0 fully saturated rings. The van der Waals surface area contributed by atoms with Crippen molar-refractivity contribution < 1.29 is 18.7 Å². The summed E-state index contributed by atoms with van der Waals surface area (Å²) >= 11 is 5.67. The van der Waals surface area contributed by atoms with Crippen molar-refractivity contribution in [3.8, 4) is 11.5 Å². The summed E-state index contributed by atoms with van der Waals surface area (Å²) in [5.41, 5.74) is 0.908. The van der Waals surface area contributed by atoms with Gasteiger partial charge in [-0.15, -0.1) is 0 Å². The highest BCUT2D eigenvalue weighted by Gasteiger charge is 2.17. The summed E-state index contributed by atoms with van der Waals surface area (Å²) in [7, 11) is 0. The summed E-state index contributed by atoms with van der Waals surface area (Å²) in [6, 6.07) is 8.66. The number of amides is 2. The summed E-state index contributed by atoms with van der Waals surface area (Å²) in [5.74, 6) is 0.720. The zero-order valence-corrected chi connectivity index (χ0v) is 13.0. The maximum Gasteiger partial charge on any atom is 0.319 e. The Bertz CT molecular complexity index is 754. The highest BCUT2D eigenvalue weighted by atomic mass is 35.5. The van der Waals surface area contributed by atoms with E-state index in [4.69, 9.17) is 21.1 Å². The van der Waals surface area contributed by atoms with Crippen LogP contribution < -0.4 is 20.1 Å². The molecule has 1 heterocycles. The Hall–Kier alpha value is -2.47. The molecule has 0 unspecified atom stereocenters. The van der Waals surface area contributed by atoms with E-state index < -0.39 is 11.8 Å². The largest absolute Gasteiger partial charge is 0.454 e. The third-order valence-corrected chi connectivity index (χ3v) is 3.66. The standard InChI is InChI=1S/C16H14ClFN2O3/c1-9(10-2-5-14-15(6-10)23-8-22-14)19-16(21)20-13-4-3-11(17)7-12(13)18/h2-7,9H,8H2,1H3,(H2,19,20,21)/t9-/m0/s1. The van der Waals surface area contributed by atoms with Gasteiger partial charge in [-0.25, -0.2) is 9.18 Å². The van der Waals surface area contributed by atoms with Crippen molar-refractivity contribution in [1.82, 2.24) is 5.32 Å². The molecule has 1 aliphatic rings. The molecule has 5 nitrogen and oxygen atoms in total. The molecule has 2 aromatic carbocycles. The van der Waals surface area contributed by atoms with Crippen LogP contribution in [0.2, 0.25) is 5.02 Å². The van der Waals surface area contributed by atoms with Gasteiger partial charge < -0.3 is 20.1 Å². The van der Waals surface area contributed by atoms with Crippen molar-refractivity contribution in [2.24, 2.45) is 0 Å². The minimum Gasteiger partial charge on any atom is -0.454 e. The second-order valence-corrected chi connectivity index (χ2v) is 5.49. The Labute approximate surface area is 137 Å². The molecule has 0 aromatic heterocycles. The van der Waals surface area contributed by atoms with Gasteiger partial charge in [0.1, 0.15) is 5.82 Å². The number of benzene rings is 2. The summed E-state index contributed by atoms with van der Waals surface area (Å²) < 4.78 is 24.2. The van der Waals surface area contributed by atoms with E-state index in [1.807, 2.05) is 13.0 Å². The van der Waals surface area contributed by atoms with E-state index >= 15 is 0 Å². The number of anilines is 1. The van der Waals surface area contributed by atoms with Crippen LogP contribution in [0.5, 0.6) is 11.5 Å². The Morgan fingerprint density at radius 2 is 2.00 bits per heavy atom. The number of rotatable bonds is 3. The summed E-state index contributed by atoms with van der Waals surface area (Å²) in [4.78, 5) is 12.0. The molecule has 23 heavy (non-hydrogen) atoms. The van der Waals surface area contributed by atoms with E-state index in [9.17, 15) is 9.18 Å². The van der Waals surface area contributed by atoms with E-state index in [-0.39, 0.29) is 23.5 Å². The lowest BCUT2D eigenvalue weighted by Gasteiger charge is -2.16. The predicted molar refractivity (Wildman–Crippen MR) is 84.5 cm³/mol. The molecule has 0 bridgehead atoms. The SMILES string of the molecule is C[C@H](NC(=O)Nc1ccc(Cl)cc1F)c1ccc2c(c1)OCO2. The van der Waals surface area contributed by atoms with Crippen molar-refractivity contribution >= 4 is 23.3 Å². The average Bonchev–Trinajstić information content (AvgIpc) is 2.97. The highest BCUT2D eigenvalue weighted by Crippen LogP contribution is 2.34. The van der Waals surface area contributed by atoms with Crippen molar-refractivity contribution in [3.63, 3.8) is 0 Å². The Balaban J connectivity index is 1.65. The summed E-state index contributed by atoms with van der Waals surface area (Å²) in [5, 5.41) is 5.45. The number of hydrogen-bond donors (Lipinski definition) is 2. The molecule has 2 amide bonds. The summed E-state index contributed by atoms with van der Waals surface area (Å²) in [6.07, 6.45) is 0. The van der Waals surface area contributed by atoms with Gasteiger partial charge in [-0.1, -0.05) is 17.7 Å². The van der Waals surface area contributed by atoms with Gasteiger partial charge in [0.05, 0.1) is 11.7 Å². The van der Waals surface area contributed by atoms with Gasteiger partial charge in [-0.2, -0.15) is 0 Å². The molecular weight excluding hydrogens is 323 g/mol. The second kappa shape index (κ2) is 6.34. The van der Waals surface area contributed by atoms with Crippen LogP contribution in [-0.4, -0.2) is 12.8 Å². The molecule has 7 heteroatoms. The van der Waals surface area contributed by atoms with Gasteiger partial charge in [0.25, 0.3) is 0 Å². The quantitative estimate of drug-likeness (QED) is 0.887. The Morgan fingerprint density at radius 3 is 2.78 bits per heavy atom. The molecular formula is C16H14ClFN2O3. The monoisotopic (exact) mass is 336 g/mol. The van der Waals surface area contributed by atoms with Crippen LogP contribution in [0.3, 0.4) is 0 Å². The fourth-order valence-electron chi connectivity index (χ4n) is 2.21. The number of carbonyl (C=O) groups is 1. The molecule has 120 valence electrons. The van der Waals surface area contributed by atoms with Crippen molar-refractivity contribution in [1.29, 1.82) is 0 Å². The van der Waals surface area contributed by atoms with E-state index in [2.05, 4.69) is 10.6 Å².